The summed E-state index contributed by atoms with van der Waals surface area (Å²) in [7, 11) is 0. The van der Waals surface area contributed by atoms with Crippen LogP contribution in [-0.4, -0.2) is 22.6 Å². The van der Waals surface area contributed by atoms with E-state index in [4.69, 9.17) is 5.11 Å². The maximum atomic E-state index is 11.3. The van der Waals surface area contributed by atoms with Crippen molar-refractivity contribution in [3.05, 3.63) is 11.1 Å². The highest BCUT2D eigenvalue weighted by atomic mass is 16.4. The fourth-order valence-electron chi connectivity index (χ4n) is 1.06. The quantitative estimate of drug-likeness (QED) is 0.534. The van der Waals surface area contributed by atoms with Crippen LogP contribution in [0.4, 0.5) is 0 Å². The number of carbonyl (C=O) groups is 3. The lowest BCUT2D eigenvalue weighted by Gasteiger charge is -2.04. The normalized spacial score (nSPS) is 11.9. The smallest absolute Gasteiger partial charge is 0.331 e. The van der Waals surface area contributed by atoms with Gasteiger partial charge in [0.05, 0.1) is 0 Å². The van der Waals surface area contributed by atoms with E-state index in [2.05, 4.69) is 0 Å². The fraction of sp³-hybridized carbons (Fsp3) is 0.500. The van der Waals surface area contributed by atoms with E-state index in [-0.39, 0.29) is 11.1 Å². The molecule has 0 spiro atoms. The first-order valence-electron chi connectivity index (χ1n) is 4.40. The fourth-order valence-corrected chi connectivity index (χ4v) is 1.06. The summed E-state index contributed by atoms with van der Waals surface area (Å²) in [5, 5.41) is 8.69. The van der Waals surface area contributed by atoms with Crippen LogP contribution < -0.4 is 0 Å². The van der Waals surface area contributed by atoms with E-state index in [0.29, 0.717) is 12.8 Å². The van der Waals surface area contributed by atoms with Gasteiger partial charge in [0.25, 0.3) is 0 Å². The molecule has 0 aliphatic carbocycles. The summed E-state index contributed by atoms with van der Waals surface area (Å²) in [4.78, 5) is 32.7. The third-order valence-electron chi connectivity index (χ3n) is 1.87. The molecule has 0 saturated heterocycles. The molecule has 1 N–H and O–H groups in total. The van der Waals surface area contributed by atoms with Crippen LogP contribution in [0.3, 0.4) is 0 Å². The second-order valence-corrected chi connectivity index (χ2v) is 3.04. The summed E-state index contributed by atoms with van der Waals surface area (Å²) < 4.78 is 0. The van der Waals surface area contributed by atoms with Gasteiger partial charge in [-0.2, -0.15) is 0 Å². The van der Waals surface area contributed by atoms with Gasteiger partial charge in [-0.05, 0) is 13.3 Å². The van der Waals surface area contributed by atoms with Gasteiger partial charge in [0.1, 0.15) is 0 Å². The van der Waals surface area contributed by atoms with Crippen molar-refractivity contribution in [1.82, 2.24) is 0 Å². The van der Waals surface area contributed by atoms with Crippen LogP contribution in [0.25, 0.3) is 0 Å². The predicted octanol–water partition coefficient (Wildman–Crippen LogP) is 1.35. The molecule has 0 aromatic heterocycles. The molecule has 4 nitrogen and oxygen atoms in total. The van der Waals surface area contributed by atoms with Crippen LogP contribution in [0.5, 0.6) is 0 Å². The van der Waals surface area contributed by atoms with Crippen LogP contribution in [0.2, 0.25) is 0 Å². The highest BCUT2D eigenvalue weighted by Crippen LogP contribution is 2.13. The average Bonchev–Trinajstić information content (AvgIpc) is 2.11. The Morgan fingerprint density at radius 1 is 1.14 bits per heavy atom. The third kappa shape index (κ3) is 3.12. The third-order valence-corrected chi connectivity index (χ3v) is 1.87. The Kier molecular flexibility index (Phi) is 4.77. The Morgan fingerprint density at radius 2 is 1.64 bits per heavy atom. The molecule has 14 heavy (non-hydrogen) atoms. The molecule has 0 radical (unpaired) electrons. The number of Topliss-reactive ketones (excluding diaryl/α,β-unsaturated/α-hetero) is 2. The minimum atomic E-state index is -1.15. The van der Waals surface area contributed by atoms with Gasteiger partial charge in [-0.15, -0.1) is 0 Å². The lowest BCUT2D eigenvalue weighted by atomic mass is 9.98. The van der Waals surface area contributed by atoms with E-state index in [9.17, 15) is 14.4 Å². The number of carbonyl (C=O) groups excluding carboxylic acids is 2. The van der Waals surface area contributed by atoms with Crippen molar-refractivity contribution < 1.29 is 19.5 Å². The molecule has 0 heterocycles. The van der Waals surface area contributed by atoms with E-state index in [1.54, 1.807) is 0 Å². The Balaban J connectivity index is 5.13. The highest BCUT2D eigenvalue weighted by molar-refractivity contribution is 6.43. The number of carboxylic acids is 1. The van der Waals surface area contributed by atoms with Crippen molar-refractivity contribution in [3.8, 4) is 0 Å². The molecule has 78 valence electrons. The molecule has 0 atom stereocenters. The highest BCUT2D eigenvalue weighted by Gasteiger charge is 2.19. The summed E-state index contributed by atoms with van der Waals surface area (Å²) in [6.45, 7) is 4.31. The van der Waals surface area contributed by atoms with Crippen molar-refractivity contribution in [2.45, 2.75) is 33.6 Å². The maximum Gasteiger partial charge on any atom is 0.331 e. The van der Waals surface area contributed by atoms with Crippen LogP contribution in [0.1, 0.15) is 33.6 Å². The van der Waals surface area contributed by atoms with Crippen molar-refractivity contribution in [2.24, 2.45) is 0 Å². The number of aliphatic carboxylic acids is 1. The van der Waals surface area contributed by atoms with Crippen LogP contribution in [0.15, 0.2) is 11.1 Å². The molecule has 0 aliphatic heterocycles. The average molecular weight is 198 g/mol. The Bertz CT molecular complexity index is 299. The van der Waals surface area contributed by atoms with Crippen molar-refractivity contribution in [2.75, 3.05) is 0 Å². The topological polar surface area (TPSA) is 71.4 Å². The first-order valence-corrected chi connectivity index (χ1v) is 4.40. The van der Waals surface area contributed by atoms with Gasteiger partial charge in [0, 0.05) is 18.1 Å². The summed E-state index contributed by atoms with van der Waals surface area (Å²) in [5.74, 6) is -2.45. The molecule has 0 fully saturated rings. The number of hydrogen-bond donors (Lipinski definition) is 1. The molecule has 0 aliphatic rings. The molecule has 0 aromatic rings. The van der Waals surface area contributed by atoms with Gasteiger partial charge in [0.15, 0.2) is 5.78 Å². The van der Waals surface area contributed by atoms with Gasteiger partial charge < -0.3 is 5.11 Å². The predicted molar refractivity (Wildman–Crippen MR) is 50.9 cm³/mol. The summed E-state index contributed by atoms with van der Waals surface area (Å²) in [6, 6.07) is 0. The number of allylic oxidation sites excluding steroid dienone is 1. The number of hydrogen-bond acceptors (Lipinski definition) is 3. The summed E-state index contributed by atoms with van der Waals surface area (Å²) in [6.07, 6.45) is 0.968. The molecule has 0 rings (SSSR count). The van der Waals surface area contributed by atoms with E-state index in [1.807, 2.05) is 6.92 Å². The Hall–Kier alpha value is -1.45. The number of rotatable bonds is 5. The molecule has 0 saturated carbocycles. The standard InChI is InChI=1S/C10H14O4/c1-4-5-8(6(2)10(13)14)9(12)7(3)11/h4-5H2,1-3H3,(H,13,14). The lowest BCUT2D eigenvalue weighted by Crippen LogP contribution is -2.16. The first-order chi connectivity index (χ1) is 6.41. The molecule has 0 unspecified atom stereocenters. The second kappa shape index (κ2) is 5.32. The van der Waals surface area contributed by atoms with E-state index < -0.39 is 17.5 Å². The number of carboxylic acid groups (broad SMARTS) is 1. The minimum Gasteiger partial charge on any atom is -0.478 e. The van der Waals surface area contributed by atoms with Crippen molar-refractivity contribution in [1.29, 1.82) is 0 Å². The zero-order chi connectivity index (χ0) is 11.3. The largest absolute Gasteiger partial charge is 0.478 e. The van der Waals surface area contributed by atoms with E-state index >= 15 is 0 Å². The van der Waals surface area contributed by atoms with Gasteiger partial charge in [0.2, 0.25) is 5.78 Å². The second-order valence-electron chi connectivity index (χ2n) is 3.04. The summed E-state index contributed by atoms with van der Waals surface area (Å²) >= 11 is 0. The van der Waals surface area contributed by atoms with E-state index in [0.717, 1.165) is 6.92 Å². The molecule has 4 heteroatoms. The Labute approximate surface area is 82.6 Å². The molecule has 0 amide bonds. The maximum absolute atomic E-state index is 11.3. The molecule has 0 bridgehead atoms. The van der Waals surface area contributed by atoms with Gasteiger partial charge >= 0.3 is 5.97 Å². The van der Waals surface area contributed by atoms with Gasteiger partial charge in [-0.1, -0.05) is 13.3 Å². The van der Waals surface area contributed by atoms with E-state index in [1.165, 1.54) is 6.92 Å². The van der Waals surface area contributed by atoms with Crippen LogP contribution >= 0.6 is 0 Å². The van der Waals surface area contributed by atoms with Crippen LogP contribution in [-0.2, 0) is 14.4 Å². The van der Waals surface area contributed by atoms with Crippen LogP contribution in [0, 0.1) is 0 Å². The SMILES string of the molecule is CCCC(C(=O)C(C)=O)=C(C)C(=O)O. The van der Waals surface area contributed by atoms with Crippen molar-refractivity contribution in [3.63, 3.8) is 0 Å². The zero-order valence-corrected chi connectivity index (χ0v) is 8.59. The molecular formula is C10H14O4. The monoisotopic (exact) mass is 198 g/mol. The minimum absolute atomic E-state index is 0.0351. The van der Waals surface area contributed by atoms with Gasteiger partial charge in [-0.3, -0.25) is 9.59 Å². The van der Waals surface area contributed by atoms with Gasteiger partial charge in [-0.25, -0.2) is 4.79 Å². The zero-order valence-electron chi connectivity index (χ0n) is 8.59. The number of ketones is 2. The molecule has 0 aromatic carbocycles. The first kappa shape index (κ1) is 12.6. The van der Waals surface area contributed by atoms with Crippen molar-refractivity contribution >= 4 is 17.5 Å². The molecular weight excluding hydrogens is 184 g/mol. The Morgan fingerprint density at radius 3 is 1.93 bits per heavy atom. The summed E-state index contributed by atoms with van der Waals surface area (Å²) in [5.41, 5.74) is 0.0829. The lowest BCUT2D eigenvalue weighted by molar-refractivity contribution is -0.134.